The van der Waals surface area contributed by atoms with Gasteiger partial charge in [0.1, 0.15) is 17.8 Å². The fourth-order valence-corrected chi connectivity index (χ4v) is 6.05. The van der Waals surface area contributed by atoms with Crippen molar-refractivity contribution in [3.05, 3.63) is 70.3 Å². The number of hydrogen-bond acceptors (Lipinski definition) is 6. The number of aromatic nitrogens is 2. The molecule has 0 radical (unpaired) electrons. The van der Waals surface area contributed by atoms with Crippen LogP contribution >= 0.6 is 0 Å². The quantitative estimate of drug-likeness (QED) is 0.541. The van der Waals surface area contributed by atoms with E-state index < -0.39 is 29.6 Å². The zero-order valence-electron chi connectivity index (χ0n) is 18.0. The first-order valence-corrected chi connectivity index (χ1v) is 11.1. The number of anilines is 1. The number of ether oxygens (including phenoxy) is 1. The Morgan fingerprint density at radius 3 is 2.70 bits per heavy atom. The van der Waals surface area contributed by atoms with Gasteiger partial charge in [0, 0.05) is 12.0 Å². The van der Waals surface area contributed by atoms with Gasteiger partial charge >= 0.3 is 0 Å². The molecule has 2 fully saturated rings. The van der Waals surface area contributed by atoms with E-state index in [0.717, 1.165) is 11.3 Å². The molecule has 0 unspecified atom stereocenters. The molecule has 1 spiro atoms. The molecular formula is C24H21N5O4. The lowest BCUT2D eigenvalue weighted by Gasteiger charge is -2.40. The zero-order valence-corrected chi connectivity index (χ0v) is 18.0. The minimum absolute atomic E-state index is 0.0486. The molecule has 2 N–H and O–H groups in total. The molecule has 6 heterocycles. The van der Waals surface area contributed by atoms with Crippen LogP contribution < -0.4 is 21.1 Å². The topological polar surface area (TPSA) is 106 Å². The minimum atomic E-state index is -1.37. The Balaban J connectivity index is 1.52. The van der Waals surface area contributed by atoms with Crippen LogP contribution in [0.1, 0.15) is 37.7 Å². The second-order valence-corrected chi connectivity index (χ2v) is 9.38. The first-order chi connectivity index (χ1) is 15.8. The lowest BCUT2D eigenvalue weighted by molar-refractivity contribution is -0.180. The number of hydrogen-bond donors (Lipinski definition) is 2. The summed E-state index contributed by atoms with van der Waals surface area (Å²) in [7, 11) is 0. The third-order valence-corrected chi connectivity index (χ3v) is 7.43. The molecule has 1 aromatic heterocycles. The molecule has 9 nitrogen and oxygen atoms in total. The Labute approximate surface area is 188 Å². The van der Waals surface area contributed by atoms with Crippen molar-refractivity contribution < 1.29 is 14.3 Å². The number of carbonyl (C=O) groups is 2. The molecule has 3 aromatic rings. The van der Waals surface area contributed by atoms with E-state index in [0.29, 0.717) is 16.7 Å². The molecule has 2 saturated heterocycles. The zero-order chi connectivity index (χ0) is 22.7. The summed E-state index contributed by atoms with van der Waals surface area (Å²) in [5.41, 5.74) is -0.563. The van der Waals surface area contributed by atoms with E-state index >= 15 is 0 Å². The third-order valence-electron chi connectivity index (χ3n) is 7.43. The number of benzene rings is 2. The van der Waals surface area contributed by atoms with Crippen LogP contribution in [0.3, 0.4) is 0 Å². The van der Waals surface area contributed by atoms with E-state index in [-0.39, 0.29) is 23.8 Å². The van der Waals surface area contributed by atoms with Crippen LogP contribution in [-0.4, -0.2) is 33.6 Å². The van der Waals surface area contributed by atoms with Crippen LogP contribution in [0, 0.1) is 0 Å². The maximum absolute atomic E-state index is 13.6. The molecule has 9 heteroatoms. The Morgan fingerprint density at radius 2 is 1.85 bits per heavy atom. The predicted octanol–water partition coefficient (Wildman–Crippen LogP) is 1.22. The lowest BCUT2D eigenvalue weighted by atomic mass is 9.86. The summed E-state index contributed by atoms with van der Waals surface area (Å²) in [6.07, 6.45) is -0.321. The van der Waals surface area contributed by atoms with Gasteiger partial charge in [0.2, 0.25) is 11.8 Å². The van der Waals surface area contributed by atoms with Gasteiger partial charge in [0.05, 0.1) is 22.6 Å². The van der Waals surface area contributed by atoms with E-state index in [2.05, 4.69) is 10.6 Å². The van der Waals surface area contributed by atoms with Gasteiger partial charge in [-0.2, -0.15) is 0 Å². The van der Waals surface area contributed by atoms with Gasteiger partial charge < -0.3 is 10.1 Å². The SMILES string of the molecule is C[C@@H]1N[C@H]2N(C1=O)c1ccccc1[C@@]21C[C@H]2C(=O)N[C@](C)(O1)c1nc3ccccc3c(=O)n12. The average Bonchev–Trinajstić information content (AvgIpc) is 3.13. The fraction of sp³-hybridized carbons (Fsp3) is 0.333. The van der Waals surface area contributed by atoms with Crippen molar-refractivity contribution in [2.24, 2.45) is 0 Å². The minimum Gasteiger partial charge on any atom is -0.334 e. The predicted molar refractivity (Wildman–Crippen MR) is 118 cm³/mol. The molecule has 2 aromatic carbocycles. The summed E-state index contributed by atoms with van der Waals surface area (Å²) in [5, 5.41) is 6.81. The highest BCUT2D eigenvalue weighted by Gasteiger charge is 2.65. The van der Waals surface area contributed by atoms with Crippen molar-refractivity contribution in [3.63, 3.8) is 0 Å². The Bertz CT molecular complexity index is 1470. The van der Waals surface area contributed by atoms with E-state index in [4.69, 9.17) is 9.72 Å². The van der Waals surface area contributed by atoms with Crippen molar-refractivity contribution in [3.8, 4) is 0 Å². The van der Waals surface area contributed by atoms with E-state index in [9.17, 15) is 14.4 Å². The van der Waals surface area contributed by atoms with Crippen molar-refractivity contribution in [1.29, 1.82) is 0 Å². The van der Waals surface area contributed by atoms with Gasteiger partial charge in [-0.15, -0.1) is 0 Å². The Morgan fingerprint density at radius 1 is 1.09 bits per heavy atom. The van der Waals surface area contributed by atoms with Gasteiger partial charge in [0.15, 0.2) is 11.5 Å². The summed E-state index contributed by atoms with van der Waals surface area (Å²) in [5.74, 6) is 0.0165. The smallest absolute Gasteiger partial charge is 0.262 e. The maximum atomic E-state index is 13.6. The molecule has 33 heavy (non-hydrogen) atoms. The number of fused-ring (bicyclic) bond motifs is 5. The molecule has 2 bridgehead atoms. The third kappa shape index (κ3) is 2.14. The van der Waals surface area contributed by atoms with Gasteiger partial charge in [-0.05, 0) is 32.0 Å². The maximum Gasteiger partial charge on any atom is 0.262 e. The Kier molecular flexibility index (Phi) is 3.37. The molecule has 2 amide bonds. The number of carbonyl (C=O) groups excluding carboxylic acids is 2. The highest BCUT2D eigenvalue weighted by Crippen LogP contribution is 2.56. The summed E-state index contributed by atoms with van der Waals surface area (Å²) < 4.78 is 8.35. The number of rotatable bonds is 0. The summed E-state index contributed by atoms with van der Waals surface area (Å²) in [6, 6.07) is 13.5. The first kappa shape index (κ1) is 19.0. The second-order valence-electron chi connectivity index (χ2n) is 9.38. The molecule has 8 rings (SSSR count). The van der Waals surface area contributed by atoms with Gasteiger partial charge in [-0.3, -0.25) is 29.2 Å². The van der Waals surface area contributed by atoms with Crippen LogP contribution in [0.15, 0.2) is 53.3 Å². The lowest BCUT2D eigenvalue weighted by Crippen LogP contribution is -2.57. The van der Waals surface area contributed by atoms with Crippen LogP contribution in [0.25, 0.3) is 10.9 Å². The summed E-state index contributed by atoms with van der Waals surface area (Å²) >= 11 is 0. The second kappa shape index (κ2) is 5.86. The van der Waals surface area contributed by atoms with Crippen molar-refractivity contribution in [2.45, 2.75) is 49.8 Å². The largest absolute Gasteiger partial charge is 0.334 e. The standard InChI is InChI=1S/C24H21N5O4/c1-12-19(31)28-16-10-6-4-8-14(16)24(22(28)25-12)11-17-18(30)27-23(2,33-24)21-26-15-9-5-3-7-13(15)20(32)29(17)21/h3-10,12,17,22,25H,11H2,1-2H3,(H,27,30)/t12-,17-,22-,23+,24-/m0/s1. The first-order valence-electron chi connectivity index (χ1n) is 11.1. The van der Waals surface area contributed by atoms with E-state index in [1.807, 2.05) is 37.3 Å². The van der Waals surface area contributed by atoms with Crippen LogP contribution in [0.2, 0.25) is 0 Å². The number of nitrogens with one attached hydrogen (secondary N) is 2. The van der Waals surface area contributed by atoms with Crippen molar-refractivity contribution in [2.75, 3.05) is 4.90 Å². The molecule has 5 atom stereocenters. The van der Waals surface area contributed by atoms with E-state index in [1.165, 1.54) is 4.57 Å². The number of amides is 2. The molecule has 5 aliphatic rings. The molecule has 0 saturated carbocycles. The van der Waals surface area contributed by atoms with Crippen LogP contribution in [0.5, 0.6) is 0 Å². The van der Waals surface area contributed by atoms with E-state index in [1.54, 1.807) is 30.0 Å². The fourth-order valence-electron chi connectivity index (χ4n) is 6.05. The molecule has 0 aliphatic carbocycles. The van der Waals surface area contributed by atoms with Crippen LogP contribution in [0.4, 0.5) is 5.69 Å². The Hall–Kier alpha value is -3.56. The average molecular weight is 443 g/mol. The van der Waals surface area contributed by atoms with Gasteiger partial charge in [-0.1, -0.05) is 30.3 Å². The monoisotopic (exact) mass is 443 g/mol. The van der Waals surface area contributed by atoms with Crippen molar-refractivity contribution in [1.82, 2.24) is 20.2 Å². The molecular weight excluding hydrogens is 422 g/mol. The van der Waals surface area contributed by atoms with Gasteiger partial charge in [-0.25, -0.2) is 4.98 Å². The molecule has 166 valence electrons. The summed E-state index contributed by atoms with van der Waals surface area (Å²) in [4.78, 5) is 46.5. The number of nitrogens with zero attached hydrogens (tertiary/aromatic N) is 3. The highest BCUT2D eigenvalue weighted by molar-refractivity contribution is 6.02. The van der Waals surface area contributed by atoms with Gasteiger partial charge in [0.25, 0.3) is 5.56 Å². The number of para-hydroxylation sites is 2. The van der Waals surface area contributed by atoms with Crippen molar-refractivity contribution >= 4 is 28.4 Å². The summed E-state index contributed by atoms with van der Waals surface area (Å²) in [6.45, 7) is 3.55. The molecule has 5 aliphatic heterocycles. The highest BCUT2D eigenvalue weighted by atomic mass is 16.5. The van der Waals surface area contributed by atoms with Crippen LogP contribution in [-0.2, 0) is 25.7 Å². The normalized spacial score (nSPS) is 33.8.